The van der Waals surface area contributed by atoms with E-state index in [0.717, 1.165) is 32.6 Å². The number of thioether (sulfide) groups is 2. The number of rotatable bonds is 7. The number of nitrogens with zero attached hydrogens (tertiary/aromatic N) is 3. The summed E-state index contributed by atoms with van der Waals surface area (Å²) in [6, 6.07) is 3.62. The molecule has 0 saturated carbocycles. The molecule has 16 heteroatoms. The van der Waals surface area contributed by atoms with Gasteiger partial charge in [0, 0.05) is 17.0 Å². The fraction of sp³-hybridized carbons (Fsp3) is 0.320. The number of amides is 1. The third-order valence-electron chi connectivity index (χ3n) is 6.09. The Kier molecular flexibility index (Phi) is 8.20. The van der Waals surface area contributed by atoms with Gasteiger partial charge in [-0.3, -0.25) is 29.0 Å². The summed E-state index contributed by atoms with van der Waals surface area (Å²) < 4.78 is 17.4. The lowest BCUT2D eigenvalue weighted by Crippen LogP contribution is -2.35. The molecule has 0 aliphatic carbocycles. The third-order valence-corrected chi connectivity index (χ3v) is 9.89. The van der Waals surface area contributed by atoms with Gasteiger partial charge in [-0.25, -0.2) is 0 Å². The summed E-state index contributed by atoms with van der Waals surface area (Å²) in [6.45, 7) is 5.08. The minimum Gasteiger partial charge on any atom is -0.480 e. The Morgan fingerprint density at radius 2 is 1.88 bits per heavy atom. The number of hydrogen-bond donors (Lipinski definition) is 2. The van der Waals surface area contributed by atoms with Crippen LogP contribution in [0.2, 0.25) is 0 Å². The highest BCUT2D eigenvalue weighted by molar-refractivity contribution is 8.30. The van der Waals surface area contributed by atoms with Crippen molar-refractivity contribution < 1.29 is 38.9 Å². The summed E-state index contributed by atoms with van der Waals surface area (Å²) >= 11 is 8.09. The number of anilines is 1. The number of carboxylic acids is 1. The van der Waals surface area contributed by atoms with Crippen LogP contribution in [0.3, 0.4) is 0 Å². The second-order valence-electron chi connectivity index (χ2n) is 9.10. The Balaban J connectivity index is 1.72. The number of ether oxygens (including phenoxy) is 3. The van der Waals surface area contributed by atoms with Crippen LogP contribution < -0.4 is 29.1 Å². The van der Waals surface area contributed by atoms with E-state index in [2.05, 4.69) is 0 Å². The van der Waals surface area contributed by atoms with Gasteiger partial charge in [0.15, 0.2) is 15.8 Å². The third kappa shape index (κ3) is 5.49. The highest BCUT2D eigenvalue weighted by Crippen LogP contribution is 2.52. The standard InChI is InChI=1S/C25H23N3O9S4/c1-4-35-19(31)9-26-13-6-14-15(37-10-36-14)7-16(13)39-23(26)12(11(2)3)5-17-21(32)27(8-18(29)30)24(40-17)20-22(33)28(34)25(38)41-20/h5-7,11,34H,4,8-10H2,1-3H3,(H,29,30). The molecule has 1 aromatic heterocycles. The molecule has 1 saturated heterocycles. The molecule has 0 bridgehead atoms. The Morgan fingerprint density at radius 1 is 1.17 bits per heavy atom. The van der Waals surface area contributed by atoms with Crippen LogP contribution in [0.15, 0.2) is 32.4 Å². The molecule has 5 rings (SSSR count). The van der Waals surface area contributed by atoms with E-state index in [1.807, 2.05) is 19.9 Å². The largest absolute Gasteiger partial charge is 0.480 e. The van der Waals surface area contributed by atoms with Crippen molar-refractivity contribution in [3.63, 3.8) is 0 Å². The van der Waals surface area contributed by atoms with E-state index < -0.39 is 29.9 Å². The monoisotopic (exact) mass is 637 g/mol. The molecule has 12 nitrogen and oxygen atoms in total. The first kappa shape index (κ1) is 29.2. The molecular weight excluding hydrogens is 615 g/mol. The molecule has 0 radical (unpaired) electrons. The van der Waals surface area contributed by atoms with Gasteiger partial charge in [0.05, 0.1) is 21.9 Å². The quantitative estimate of drug-likeness (QED) is 0.259. The van der Waals surface area contributed by atoms with E-state index in [4.69, 9.17) is 26.4 Å². The van der Waals surface area contributed by atoms with Crippen molar-refractivity contribution in [2.45, 2.75) is 32.2 Å². The zero-order chi connectivity index (χ0) is 29.6. The van der Waals surface area contributed by atoms with Crippen LogP contribution >= 0.6 is 47.1 Å². The van der Waals surface area contributed by atoms with Gasteiger partial charge in [0.2, 0.25) is 6.79 Å². The maximum Gasteiger partial charge on any atom is 0.325 e. The number of thiazole rings is 1. The van der Waals surface area contributed by atoms with Gasteiger partial charge in [-0.1, -0.05) is 25.6 Å². The molecule has 3 aliphatic heterocycles. The number of aromatic nitrogens is 1. The molecule has 4 heterocycles. The van der Waals surface area contributed by atoms with E-state index in [0.29, 0.717) is 32.9 Å². The van der Waals surface area contributed by atoms with Crippen LogP contribution in [0.25, 0.3) is 11.0 Å². The fourth-order valence-electron chi connectivity index (χ4n) is 4.25. The Labute approximate surface area is 250 Å². The first-order valence-corrected chi connectivity index (χ1v) is 15.1. The number of fused-ring (bicyclic) bond motifs is 2. The SMILES string of the molecule is CCOC(=O)CN1C(=C(C=c2sc(=C3SC(=S)N(O)C3=O)n(CC(=O)O)c2=O)C(C)C)Sc2cc3c(cc21)OCO3. The molecule has 0 atom stereocenters. The summed E-state index contributed by atoms with van der Waals surface area (Å²) in [5.41, 5.74) is 0.788. The van der Waals surface area contributed by atoms with Crippen LogP contribution in [-0.2, 0) is 25.7 Å². The molecule has 1 aromatic carbocycles. The molecule has 1 fully saturated rings. The van der Waals surface area contributed by atoms with Crippen molar-refractivity contribution in [1.29, 1.82) is 0 Å². The smallest absolute Gasteiger partial charge is 0.325 e. The van der Waals surface area contributed by atoms with Crippen molar-refractivity contribution in [2.24, 2.45) is 5.92 Å². The predicted octanol–water partition coefficient (Wildman–Crippen LogP) is 1.90. The van der Waals surface area contributed by atoms with Gasteiger partial charge in [0.1, 0.15) is 22.7 Å². The lowest BCUT2D eigenvalue weighted by molar-refractivity contribution is -0.141. The molecule has 3 aliphatic rings. The van der Waals surface area contributed by atoms with Gasteiger partial charge in [-0.15, -0.1) is 11.3 Å². The highest BCUT2D eigenvalue weighted by Gasteiger charge is 2.35. The second kappa shape index (κ2) is 11.5. The topological polar surface area (TPSA) is 148 Å². The zero-order valence-electron chi connectivity index (χ0n) is 21.9. The van der Waals surface area contributed by atoms with Gasteiger partial charge >= 0.3 is 11.9 Å². The molecule has 2 N–H and O–H groups in total. The zero-order valence-corrected chi connectivity index (χ0v) is 25.1. The van der Waals surface area contributed by atoms with Gasteiger partial charge < -0.3 is 24.2 Å². The first-order chi connectivity index (χ1) is 19.5. The molecule has 216 valence electrons. The number of hydrogen-bond acceptors (Lipinski definition) is 13. The maximum absolute atomic E-state index is 13.5. The number of carboxylic acid groups (broad SMARTS) is 1. The highest BCUT2D eigenvalue weighted by atomic mass is 32.2. The second-order valence-corrected chi connectivity index (χ2v) is 12.8. The summed E-state index contributed by atoms with van der Waals surface area (Å²) in [4.78, 5) is 52.9. The number of hydroxylamine groups is 2. The van der Waals surface area contributed by atoms with Crippen molar-refractivity contribution >= 4 is 85.9 Å². The molecular formula is C25H23N3O9S4. The lowest BCUT2D eigenvalue weighted by atomic mass is 10.0. The average Bonchev–Trinajstić information content (AvgIpc) is 3.64. The number of carbonyl (C=O) groups excluding carboxylic acids is 2. The Hall–Kier alpha value is -3.31. The minimum absolute atomic E-state index is 0.0413. The number of benzene rings is 1. The maximum atomic E-state index is 13.5. The van der Waals surface area contributed by atoms with Crippen LogP contribution in [-0.4, -0.2) is 62.1 Å². The van der Waals surface area contributed by atoms with Crippen molar-refractivity contribution in [3.8, 4) is 11.5 Å². The predicted molar refractivity (Wildman–Crippen MR) is 156 cm³/mol. The number of esters is 1. The van der Waals surface area contributed by atoms with Crippen LogP contribution in [0, 0.1) is 5.92 Å². The minimum atomic E-state index is -1.28. The summed E-state index contributed by atoms with van der Waals surface area (Å²) in [5, 5.41) is 20.4. The molecule has 1 amide bonds. The van der Waals surface area contributed by atoms with Crippen molar-refractivity contribution in [1.82, 2.24) is 9.63 Å². The van der Waals surface area contributed by atoms with Gasteiger partial charge in [-0.05, 0) is 48.5 Å². The van der Waals surface area contributed by atoms with Crippen LogP contribution in [0.4, 0.5) is 5.69 Å². The number of aliphatic carboxylic acids is 1. The summed E-state index contributed by atoms with van der Waals surface area (Å²) in [5.74, 6) is -1.59. The normalized spacial score (nSPS) is 19.0. The number of thiocarbonyl (C=S) groups is 1. The first-order valence-electron chi connectivity index (χ1n) is 12.2. The molecule has 0 spiro atoms. The molecule has 2 aromatic rings. The summed E-state index contributed by atoms with van der Waals surface area (Å²) in [7, 11) is 0. The Bertz CT molecular complexity index is 1710. The number of carbonyl (C=O) groups is 3. The van der Waals surface area contributed by atoms with Crippen molar-refractivity contribution in [3.05, 3.63) is 42.3 Å². The average molecular weight is 638 g/mol. The summed E-state index contributed by atoms with van der Waals surface area (Å²) in [6.07, 6.45) is 1.65. The van der Waals surface area contributed by atoms with Gasteiger partial charge in [-0.2, -0.15) is 5.06 Å². The van der Waals surface area contributed by atoms with Crippen LogP contribution in [0.1, 0.15) is 20.8 Å². The molecule has 0 unspecified atom stereocenters. The van der Waals surface area contributed by atoms with Crippen LogP contribution in [0.5, 0.6) is 11.5 Å². The number of allylic oxidation sites excluding steroid dienone is 1. The van der Waals surface area contributed by atoms with E-state index >= 15 is 0 Å². The fourth-order valence-corrected chi connectivity index (χ4v) is 7.91. The van der Waals surface area contributed by atoms with E-state index in [1.165, 1.54) is 11.8 Å². The van der Waals surface area contributed by atoms with E-state index in [1.54, 1.807) is 24.0 Å². The van der Waals surface area contributed by atoms with E-state index in [9.17, 15) is 29.5 Å². The molecule has 41 heavy (non-hydrogen) atoms. The van der Waals surface area contributed by atoms with E-state index in [-0.39, 0.29) is 44.3 Å². The van der Waals surface area contributed by atoms with Gasteiger partial charge in [0.25, 0.3) is 11.5 Å². The van der Waals surface area contributed by atoms with Crippen molar-refractivity contribution in [2.75, 3.05) is 24.8 Å². The lowest BCUT2D eigenvalue weighted by Gasteiger charge is -2.23. The Morgan fingerprint density at radius 3 is 2.49 bits per heavy atom.